The molecule has 4 rings (SSSR count). The molecule has 138 valence electrons. The second-order valence-electron chi connectivity index (χ2n) is 9.76. The summed E-state index contributed by atoms with van der Waals surface area (Å²) in [6.45, 7) is 5.13. The van der Waals surface area contributed by atoms with E-state index in [0.29, 0.717) is 10.8 Å². The second-order valence-corrected chi connectivity index (χ2v) is 9.76. The number of hydrogen-bond acceptors (Lipinski definition) is 2. The van der Waals surface area contributed by atoms with Crippen LogP contribution in [-0.2, 0) is 0 Å². The molecule has 3 fully saturated rings. The smallest absolute Gasteiger partial charge is 0.0577 e. The van der Waals surface area contributed by atoms with Crippen molar-refractivity contribution in [3.63, 3.8) is 0 Å². The predicted molar refractivity (Wildman–Crippen MR) is 102 cm³/mol. The summed E-state index contributed by atoms with van der Waals surface area (Å²) in [5, 5.41) is 10.1. The zero-order chi connectivity index (χ0) is 16.4. The normalized spacial score (nSPS) is 50.4. The molecule has 4 aliphatic carbocycles. The minimum absolute atomic E-state index is 0. The average Bonchev–Trinajstić information content (AvgIpc) is 2.85. The molecule has 0 radical (unpaired) electrons. The lowest BCUT2D eigenvalue weighted by atomic mass is 9.48. The number of hydrogen-bond donors (Lipinski definition) is 1. The van der Waals surface area contributed by atoms with Crippen molar-refractivity contribution in [1.82, 2.24) is 4.90 Å². The van der Waals surface area contributed by atoms with Gasteiger partial charge in [0.1, 0.15) is 0 Å². The van der Waals surface area contributed by atoms with Gasteiger partial charge in [-0.1, -0.05) is 25.5 Å². The van der Waals surface area contributed by atoms with Crippen LogP contribution in [0.2, 0.25) is 0 Å². The summed E-state index contributed by atoms with van der Waals surface area (Å²) in [6, 6.07) is 0.778. The molecule has 4 aliphatic rings. The van der Waals surface area contributed by atoms with Gasteiger partial charge in [-0.25, -0.2) is 0 Å². The van der Waals surface area contributed by atoms with Gasteiger partial charge in [0.2, 0.25) is 0 Å². The molecule has 0 aromatic carbocycles. The van der Waals surface area contributed by atoms with Crippen LogP contribution in [-0.4, -0.2) is 36.2 Å². The monoisotopic (exact) mass is 353 g/mol. The maximum absolute atomic E-state index is 10.1. The molecular weight excluding hydrogens is 318 g/mol. The van der Waals surface area contributed by atoms with E-state index in [2.05, 4.69) is 38.9 Å². The third-order valence-corrected chi connectivity index (χ3v) is 8.65. The molecular formula is C21H36ClNO. The standard InChI is InChI=1S/C21H35NO.ClH/c1-20-11-9-15(23)13-14(20)5-6-16-17-7-8-19(22(3)4)21(17,2)12-10-18(16)20;/h5,15-19,23H,6-13H2,1-4H3;1H. The maximum Gasteiger partial charge on any atom is 0.0577 e. The van der Waals surface area contributed by atoms with Gasteiger partial charge in [0.25, 0.3) is 0 Å². The Bertz CT molecular complexity index is 518. The van der Waals surface area contributed by atoms with Gasteiger partial charge < -0.3 is 10.0 Å². The van der Waals surface area contributed by atoms with Crippen molar-refractivity contribution in [3.05, 3.63) is 11.6 Å². The van der Waals surface area contributed by atoms with Crippen LogP contribution >= 0.6 is 12.4 Å². The van der Waals surface area contributed by atoms with E-state index in [-0.39, 0.29) is 18.5 Å². The van der Waals surface area contributed by atoms with E-state index < -0.39 is 0 Å². The van der Waals surface area contributed by atoms with E-state index in [1.165, 1.54) is 38.5 Å². The SMILES string of the molecule is CN(C)C1CCC2C3CC=C4CC(O)CCC4(C)C3CCC21C.Cl. The average molecular weight is 354 g/mol. The van der Waals surface area contributed by atoms with Crippen LogP contribution < -0.4 is 0 Å². The molecule has 0 amide bonds. The molecule has 3 saturated carbocycles. The highest BCUT2D eigenvalue weighted by Gasteiger charge is 2.58. The molecule has 3 heteroatoms. The molecule has 7 atom stereocenters. The number of aliphatic hydroxyl groups excluding tert-OH is 1. The van der Waals surface area contributed by atoms with Crippen molar-refractivity contribution in [3.8, 4) is 0 Å². The van der Waals surface area contributed by atoms with Crippen molar-refractivity contribution in [2.75, 3.05) is 14.1 Å². The summed E-state index contributed by atoms with van der Waals surface area (Å²) in [4.78, 5) is 2.50. The highest BCUT2D eigenvalue weighted by molar-refractivity contribution is 5.85. The Balaban J connectivity index is 0.00000169. The van der Waals surface area contributed by atoms with E-state index in [9.17, 15) is 5.11 Å². The van der Waals surface area contributed by atoms with Gasteiger partial charge in [0.05, 0.1) is 6.10 Å². The van der Waals surface area contributed by atoms with Crippen molar-refractivity contribution in [1.29, 1.82) is 0 Å². The lowest BCUT2D eigenvalue weighted by Gasteiger charge is -2.58. The Morgan fingerprint density at radius 2 is 1.79 bits per heavy atom. The van der Waals surface area contributed by atoms with E-state index in [1.54, 1.807) is 5.57 Å². The summed E-state index contributed by atoms with van der Waals surface area (Å²) >= 11 is 0. The molecule has 0 saturated heterocycles. The number of halogens is 1. The molecule has 24 heavy (non-hydrogen) atoms. The van der Waals surface area contributed by atoms with Gasteiger partial charge in [-0.3, -0.25) is 0 Å². The van der Waals surface area contributed by atoms with Crippen molar-refractivity contribution < 1.29 is 5.11 Å². The Kier molecular flexibility index (Phi) is 4.90. The second kappa shape index (κ2) is 6.28. The van der Waals surface area contributed by atoms with Crippen LogP contribution in [0.15, 0.2) is 11.6 Å². The first kappa shape index (κ1) is 18.7. The third kappa shape index (κ3) is 2.51. The Hall–Kier alpha value is -0.0500. The largest absolute Gasteiger partial charge is 0.393 e. The lowest BCUT2D eigenvalue weighted by Crippen LogP contribution is -2.53. The lowest BCUT2D eigenvalue weighted by molar-refractivity contribution is -0.0537. The zero-order valence-corrected chi connectivity index (χ0v) is 16.7. The summed E-state index contributed by atoms with van der Waals surface area (Å²) in [6.07, 6.45) is 12.6. The molecule has 0 aromatic rings. The zero-order valence-electron chi connectivity index (χ0n) is 15.9. The first-order valence-electron chi connectivity index (χ1n) is 9.90. The van der Waals surface area contributed by atoms with E-state index in [0.717, 1.165) is 36.6 Å². The highest BCUT2D eigenvalue weighted by atomic mass is 35.5. The van der Waals surface area contributed by atoms with Gasteiger partial charge in [-0.2, -0.15) is 0 Å². The van der Waals surface area contributed by atoms with Gasteiger partial charge in [0, 0.05) is 6.04 Å². The molecule has 0 heterocycles. The van der Waals surface area contributed by atoms with Crippen molar-refractivity contribution in [2.45, 2.75) is 77.4 Å². The van der Waals surface area contributed by atoms with E-state index in [1.807, 2.05) is 0 Å². The van der Waals surface area contributed by atoms with Crippen LogP contribution in [0, 0.1) is 28.6 Å². The summed E-state index contributed by atoms with van der Waals surface area (Å²) in [5.41, 5.74) is 2.52. The van der Waals surface area contributed by atoms with E-state index in [4.69, 9.17) is 0 Å². The van der Waals surface area contributed by atoms with Gasteiger partial charge >= 0.3 is 0 Å². The van der Waals surface area contributed by atoms with Gasteiger partial charge in [-0.15, -0.1) is 12.4 Å². The number of aliphatic hydroxyl groups is 1. The quantitative estimate of drug-likeness (QED) is 0.693. The number of fused-ring (bicyclic) bond motifs is 5. The van der Waals surface area contributed by atoms with Gasteiger partial charge in [0.15, 0.2) is 0 Å². The number of rotatable bonds is 1. The number of allylic oxidation sites excluding steroid dienone is 1. The fraction of sp³-hybridized carbons (Fsp3) is 0.905. The van der Waals surface area contributed by atoms with Crippen molar-refractivity contribution in [2.24, 2.45) is 28.6 Å². The van der Waals surface area contributed by atoms with Crippen LogP contribution in [0.4, 0.5) is 0 Å². The molecule has 2 nitrogen and oxygen atoms in total. The first-order chi connectivity index (χ1) is 10.9. The molecule has 0 spiro atoms. The van der Waals surface area contributed by atoms with Crippen LogP contribution in [0.1, 0.15) is 65.2 Å². The number of nitrogens with zero attached hydrogens (tertiary/aromatic N) is 1. The summed E-state index contributed by atoms with van der Waals surface area (Å²) in [7, 11) is 4.57. The molecule has 0 aliphatic heterocycles. The maximum atomic E-state index is 10.1. The fourth-order valence-electron chi connectivity index (χ4n) is 7.46. The minimum atomic E-state index is -0.0793. The highest BCUT2D eigenvalue weighted by Crippen LogP contribution is 2.65. The molecule has 1 N–H and O–H groups in total. The topological polar surface area (TPSA) is 23.5 Å². The predicted octanol–water partition coefficient (Wildman–Crippen LogP) is 4.66. The Labute approximate surface area is 154 Å². The fourth-order valence-corrected chi connectivity index (χ4v) is 7.46. The molecule has 0 bridgehead atoms. The minimum Gasteiger partial charge on any atom is -0.393 e. The summed E-state index contributed by atoms with van der Waals surface area (Å²) in [5.74, 6) is 2.67. The third-order valence-electron chi connectivity index (χ3n) is 8.65. The van der Waals surface area contributed by atoms with E-state index >= 15 is 0 Å². The molecule has 0 aromatic heterocycles. The van der Waals surface area contributed by atoms with Crippen LogP contribution in [0.25, 0.3) is 0 Å². The Morgan fingerprint density at radius 1 is 1.04 bits per heavy atom. The first-order valence-corrected chi connectivity index (χ1v) is 9.90. The van der Waals surface area contributed by atoms with Gasteiger partial charge in [-0.05, 0) is 94.0 Å². The Morgan fingerprint density at radius 3 is 2.50 bits per heavy atom. The van der Waals surface area contributed by atoms with Crippen LogP contribution in [0.3, 0.4) is 0 Å². The van der Waals surface area contributed by atoms with Crippen LogP contribution in [0.5, 0.6) is 0 Å². The van der Waals surface area contributed by atoms with Crippen molar-refractivity contribution >= 4 is 12.4 Å². The molecule has 7 unspecified atom stereocenters. The summed E-state index contributed by atoms with van der Waals surface area (Å²) < 4.78 is 0.